The smallest absolute Gasteiger partial charge is 0.258 e. The minimum absolute atomic E-state index is 0.0456. The van der Waals surface area contributed by atoms with E-state index >= 15 is 0 Å². The predicted molar refractivity (Wildman–Crippen MR) is 120 cm³/mol. The largest absolute Gasteiger partial charge is 0.497 e. The van der Waals surface area contributed by atoms with Gasteiger partial charge in [-0.3, -0.25) is 14.5 Å². The Hall–Kier alpha value is -3.39. The molecule has 1 aromatic heterocycles. The van der Waals surface area contributed by atoms with Crippen molar-refractivity contribution in [2.45, 2.75) is 12.8 Å². The Morgan fingerprint density at radius 3 is 2.55 bits per heavy atom. The Balaban J connectivity index is 1.46. The summed E-state index contributed by atoms with van der Waals surface area (Å²) in [5.41, 5.74) is 3.66. The fraction of sp³-hybridized carbons (Fsp3) is 0.217. The number of benzene rings is 2. The second-order valence-corrected chi connectivity index (χ2v) is 9.15. The predicted octanol–water partition coefficient (Wildman–Crippen LogP) is 3.28. The van der Waals surface area contributed by atoms with E-state index in [0.717, 1.165) is 29.0 Å². The normalized spacial score (nSPS) is 13.0. The van der Waals surface area contributed by atoms with Crippen LogP contribution in [0.5, 0.6) is 5.75 Å². The topological polar surface area (TPSA) is 88.6 Å². The molecule has 2 aromatic carbocycles. The molecule has 0 saturated heterocycles. The highest BCUT2D eigenvalue weighted by atomic mass is 32.2. The fourth-order valence-electron chi connectivity index (χ4n) is 3.58. The number of aryl methyl sites for hydroxylation is 1. The highest BCUT2D eigenvalue weighted by Crippen LogP contribution is 2.32. The quantitative estimate of drug-likeness (QED) is 0.613. The Labute approximate surface area is 181 Å². The van der Waals surface area contributed by atoms with Gasteiger partial charge in [0.15, 0.2) is 0 Å². The van der Waals surface area contributed by atoms with Crippen LogP contribution in [0.4, 0.5) is 11.4 Å². The van der Waals surface area contributed by atoms with Crippen molar-refractivity contribution in [3.63, 3.8) is 0 Å². The molecule has 31 heavy (non-hydrogen) atoms. The molecule has 0 spiro atoms. The Bertz CT molecular complexity index is 1180. The molecule has 2 heterocycles. The monoisotopic (exact) mass is 437 g/mol. The molecule has 1 amide bonds. The van der Waals surface area contributed by atoms with Gasteiger partial charge >= 0.3 is 0 Å². The minimum atomic E-state index is -3.55. The van der Waals surface area contributed by atoms with E-state index in [1.54, 1.807) is 48.7 Å². The van der Waals surface area contributed by atoms with Crippen LogP contribution in [-0.2, 0) is 22.9 Å². The van der Waals surface area contributed by atoms with E-state index in [4.69, 9.17) is 4.74 Å². The molecule has 1 aliphatic heterocycles. The molecule has 0 aliphatic carbocycles. The third-order valence-corrected chi connectivity index (χ3v) is 6.53. The molecule has 1 N–H and O–H groups in total. The Morgan fingerprint density at radius 1 is 1.10 bits per heavy atom. The Kier molecular flexibility index (Phi) is 5.90. The zero-order chi connectivity index (χ0) is 21.8. The number of anilines is 2. The molecule has 3 aromatic rings. The maximum Gasteiger partial charge on any atom is 0.258 e. The van der Waals surface area contributed by atoms with Crippen molar-refractivity contribution < 1.29 is 17.9 Å². The molecule has 0 bridgehead atoms. The van der Waals surface area contributed by atoms with Gasteiger partial charge in [-0.05, 0) is 60.4 Å². The van der Waals surface area contributed by atoms with Crippen molar-refractivity contribution in [1.82, 2.24) is 4.98 Å². The van der Waals surface area contributed by atoms with Gasteiger partial charge in [0.2, 0.25) is 10.0 Å². The van der Waals surface area contributed by atoms with Gasteiger partial charge in [0.05, 0.1) is 18.6 Å². The van der Waals surface area contributed by atoms with Crippen LogP contribution in [-0.4, -0.2) is 38.7 Å². The first-order valence-electron chi connectivity index (χ1n) is 9.93. The number of nitrogens with zero attached hydrogens (tertiary/aromatic N) is 2. The molecule has 0 radical (unpaired) electrons. The summed E-state index contributed by atoms with van der Waals surface area (Å²) in [6.45, 7) is 0.560. The lowest BCUT2D eigenvalue weighted by molar-refractivity contribution is 0.0989. The summed E-state index contributed by atoms with van der Waals surface area (Å²) in [5.74, 6) is 0.560. The average molecular weight is 438 g/mol. The second-order valence-electron chi connectivity index (χ2n) is 7.31. The van der Waals surface area contributed by atoms with Crippen LogP contribution in [0.3, 0.4) is 0 Å². The lowest BCUT2D eigenvalue weighted by Crippen LogP contribution is -2.29. The van der Waals surface area contributed by atoms with E-state index in [1.807, 2.05) is 30.3 Å². The molecule has 1 aliphatic rings. The van der Waals surface area contributed by atoms with Gasteiger partial charge in [0, 0.05) is 30.2 Å². The van der Waals surface area contributed by atoms with Crippen molar-refractivity contribution in [1.29, 1.82) is 0 Å². The zero-order valence-corrected chi connectivity index (χ0v) is 17.9. The SMILES string of the molecule is COc1ccc(CCS(=O)(=O)Nc2ccc3c(c2)N(C(=O)c2ccncc2)CC3)cc1. The number of pyridine rings is 1. The van der Waals surface area contributed by atoms with Crippen molar-refractivity contribution in [2.75, 3.05) is 29.0 Å². The molecular formula is C23H23N3O4S. The zero-order valence-electron chi connectivity index (χ0n) is 17.1. The molecule has 0 fully saturated rings. The maximum absolute atomic E-state index is 12.9. The number of ether oxygens (including phenoxy) is 1. The lowest BCUT2D eigenvalue weighted by atomic mass is 10.1. The third-order valence-electron chi connectivity index (χ3n) is 5.25. The number of carbonyl (C=O) groups excluding carboxylic acids is 1. The molecule has 4 rings (SSSR count). The van der Waals surface area contributed by atoms with E-state index in [2.05, 4.69) is 9.71 Å². The van der Waals surface area contributed by atoms with Crippen LogP contribution in [0.2, 0.25) is 0 Å². The van der Waals surface area contributed by atoms with Crippen LogP contribution in [0.25, 0.3) is 0 Å². The number of sulfonamides is 1. The van der Waals surface area contributed by atoms with Crippen LogP contribution in [0.1, 0.15) is 21.5 Å². The first kappa shape index (κ1) is 20.9. The number of fused-ring (bicyclic) bond motifs is 1. The van der Waals surface area contributed by atoms with Crippen molar-refractivity contribution >= 4 is 27.3 Å². The number of methoxy groups -OCH3 is 1. The number of hydrogen-bond acceptors (Lipinski definition) is 5. The number of aromatic nitrogens is 1. The maximum atomic E-state index is 12.9. The van der Waals surface area contributed by atoms with E-state index in [0.29, 0.717) is 24.2 Å². The van der Waals surface area contributed by atoms with Crippen LogP contribution < -0.4 is 14.4 Å². The number of amides is 1. The third kappa shape index (κ3) is 4.86. The highest BCUT2D eigenvalue weighted by molar-refractivity contribution is 7.92. The number of nitrogens with one attached hydrogen (secondary N) is 1. The van der Waals surface area contributed by atoms with Crippen molar-refractivity contribution in [3.05, 3.63) is 83.7 Å². The van der Waals surface area contributed by atoms with Gasteiger partial charge in [-0.15, -0.1) is 0 Å². The molecule has 0 saturated carbocycles. The number of rotatable bonds is 7. The average Bonchev–Trinajstić information content (AvgIpc) is 3.21. The van der Waals surface area contributed by atoms with Crippen molar-refractivity contribution in [2.24, 2.45) is 0 Å². The first-order valence-corrected chi connectivity index (χ1v) is 11.6. The number of carbonyl (C=O) groups is 1. The molecule has 0 unspecified atom stereocenters. The summed E-state index contributed by atoms with van der Waals surface area (Å²) in [6.07, 6.45) is 4.28. The standard InChI is InChI=1S/C23H23N3O4S/c1-30-21-6-2-17(3-7-21)11-15-31(28,29)25-20-5-4-18-10-14-26(22(18)16-20)23(27)19-8-12-24-13-9-19/h2-9,12-13,16,25H,10-11,14-15H2,1H3. The van der Waals surface area contributed by atoms with E-state index in [9.17, 15) is 13.2 Å². The summed E-state index contributed by atoms with van der Waals surface area (Å²) in [6, 6.07) is 16.0. The molecular weight excluding hydrogens is 414 g/mol. The van der Waals surface area contributed by atoms with Gasteiger partial charge in [-0.2, -0.15) is 0 Å². The minimum Gasteiger partial charge on any atom is -0.497 e. The van der Waals surface area contributed by atoms with E-state index in [-0.39, 0.29) is 11.7 Å². The number of hydrogen-bond donors (Lipinski definition) is 1. The molecule has 0 atom stereocenters. The summed E-state index contributed by atoms with van der Waals surface area (Å²) in [5, 5.41) is 0. The van der Waals surface area contributed by atoms with Crippen LogP contribution in [0.15, 0.2) is 67.0 Å². The van der Waals surface area contributed by atoms with Gasteiger partial charge in [0.25, 0.3) is 5.91 Å². The van der Waals surface area contributed by atoms with Crippen LogP contribution >= 0.6 is 0 Å². The molecule has 7 nitrogen and oxygen atoms in total. The summed E-state index contributed by atoms with van der Waals surface area (Å²) in [7, 11) is -1.96. The molecule has 160 valence electrons. The van der Waals surface area contributed by atoms with E-state index in [1.165, 1.54) is 0 Å². The van der Waals surface area contributed by atoms with Gasteiger partial charge in [-0.25, -0.2) is 8.42 Å². The summed E-state index contributed by atoms with van der Waals surface area (Å²) in [4.78, 5) is 18.5. The lowest BCUT2D eigenvalue weighted by Gasteiger charge is -2.18. The fourth-order valence-corrected chi connectivity index (χ4v) is 4.67. The first-order chi connectivity index (χ1) is 14.9. The second kappa shape index (κ2) is 8.77. The van der Waals surface area contributed by atoms with E-state index < -0.39 is 10.0 Å². The van der Waals surface area contributed by atoms with Gasteiger partial charge < -0.3 is 9.64 Å². The molecule has 8 heteroatoms. The highest BCUT2D eigenvalue weighted by Gasteiger charge is 2.26. The van der Waals surface area contributed by atoms with Gasteiger partial charge in [-0.1, -0.05) is 18.2 Å². The summed E-state index contributed by atoms with van der Waals surface area (Å²) < 4.78 is 33.0. The van der Waals surface area contributed by atoms with Crippen molar-refractivity contribution in [3.8, 4) is 5.75 Å². The summed E-state index contributed by atoms with van der Waals surface area (Å²) >= 11 is 0. The van der Waals surface area contributed by atoms with Gasteiger partial charge in [0.1, 0.15) is 5.75 Å². The Morgan fingerprint density at radius 2 is 1.84 bits per heavy atom. The van der Waals surface area contributed by atoms with Crippen LogP contribution in [0, 0.1) is 0 Å².